The highest BCUT2D eigenvalue weighted by Gasteiger charge is 2.12. The monoisotopic (exact) mass is 352 g/mol. The average molecular weight is 353 g/mol. The molecule has 25 heavy (non-hydrogen) atoms. The van der Waals surface area contributed by atoms with Gasteiger partial charge in [0.25, 0.3) is 0 Å². The van der Waals surface area contributed by atoms with Crippen molar-refractivity contribution in [2.75, 3.05) is 6.79 Å². The van der Waals surface area contributed by atoms with E-state index in [0.717, 1.165) is 19.3 Å². The van der Waals surface area contributed by atoms with Crippen LogP contribution in [0, 0.1) is 0 Å². The first-order valence-corrected chi connectivity index (χ1v) is 10.2. The van der Waals surface area contributed by atoms with E-state index in [1.54, 1.807) is 0 Å². The Morgan fingerprint density at radius 1 is 0.960 bits per heavy atom. The molecule has 1 unspecified atom stereocenters. The zero-order chi connectivity index (χ0) is 19.7. The standard InChI is InChI=1S/C14H22.C7H16O2.C2H6/c1-5-6-7-12-8-10-13(11-9-12)14(2,3)4;1-3-5-7(4-2)9-6-8;1-2/h8-11H,5-7H2,1-4H3;7-8H,3-6H2,1-2H3;1-2H3. The van der Waals surface area contributed by atoms with Gasteiger partial charge in [-0.2, -0.15) is 0 Å². The van der Waals surface area contributed by atoms with Gasteiger partial charge in [0.1, 0.15) is 6.79 Å². The SMILES string of the molecule is CC.CCCC(CC)OCO.CCCCc1ccc(C(C)(C)C)cc1. The van der Waals surface area contributed by atoms with Gasteiger partial charge in [0.15, 0.2) is 0 Å². The fourth-order valence-electron chi connectivity index (χ4n) is 2.39. The molecule has 1 atom stereocenters. The number of aryl methyl sites for hydroxylation is 1. The van der Waals surface area contributed by atoms with Gasteiger partial charge in [-0.1, -0.05) is 92.5 Å². The molecule has 0 radical (unpaired) electrons. The van der Waals surface area contributed by atoms with Gasteiger partial charge in [0.05, 0.1) is 6.10 Å². The number of unbranched alkanes of at least 4 members (excludes halogenated alkanes) is 1. The smallest absolute Gasteiger partial charge is 0.143 e. The van der Waals surface area contributed by atoms with E-state index in [1.165, 1.54) is 30.4 Å². The first-order valence-electron chi connectivity index (χ1n) is 10.2. The van der Waals surface area contributed by atoms with Gasteiger partial charge in [-0.05, 0) is 42.2 Å². The number of hydrogen-bond acceptors (Lipinski definition) is 2. The fourth-order valence-corrected chi connectivity index (χ4v) is 2.39. The van der Waals surface area contributed by atoms with Crippen molar-refractivity contribution in [1.82, 2.24) is 0 Å². The second kappa shape index (κ2) is 16.6. The molecule has 0 aliphatic heterocycles. The van der Waals surface area contributed by atoms with Crippen molar-refractivity contribution >= 4 is 0 Å². The van der Waals surface area contributed by atoms with E-state index in [-0.39, 0.29) is 18.3 Å². The number of ether oxygens (including phenoxy) is 1. The van der Waals surface area contributed by atoms with Crippen LogP contribution < -0.4 is 0 Å². The van der Waals surface area contributed by atoms with Crippen LogP contribution in [-0.4, -0.2) is 18.0 Å². The van der Waals surface area contributed by atoms with Gasteiger partial charge in [0, 0.05) is 0 Å². The largest absolute Gasteiger partial charge is 0.371 e. The van der Waals surface area contributed by atoms with Gasteiger partial charge in [-0.25, -0.2) is 0 Å². The Hall–Kier alpha value is -0.860. The van der Waals surface area contributed by atoms with Gasteiger partial charge in [-0.15, -0.1) is 0 Å². The minimum atomic E-state index is -0.140. The van der Waals surface area contributed by atoms with Crippen LogP contribution in [0.4, 0.5) is 0 Å². The summed E-state index contributed by atoms with van der Waals surface area (Å²) < 4.78 is 4.99. The lowest BCUT2D eigenvalue weighted by Crippen LogP contribution is -2.11. The van der Waals surface area contributed by atoms with Crippen LogP contribution in [0.1, 0.15) is 98.6 Å². The summed E-state index contributed by atoms with van der Waals surface area (Å²) in [6, 6.07) is 9.09. The molecule has 148 valence electrons. The van der Waals surface area contributed by atoms with Crippen molar-refractivity contribution < 1.29 is 9.84 Å². The summed E-state index contributed by atoms with van der Waals surface area (Å²) >= 11 is 0. The molecule has 1 aromatic carbocycles. The molecule has 2 heteroatoms. The van der Waals surface area contributed by atoms with Crippen LogP contribution >= 0.6 is 0 Å². The van der Waals surface area contributed by atoms with Gasteiger partial charge < -0.3 is 9.84 Å². The molecule has 1 N–H and O–H groups in total. The Balaban J connectivity index is 0. The van der Waals surface area contributed by atoms with Crippen LogP contribution in [0.25, 0.3) is 0 Å². The summed E-state index contributed by atoms with van der Waals surface area (Å²) in [4.78, 5) is 0. The predicted octanol–water partition coefficient (Wildman–Crippen LogP) is 6.88. The number of hydrogen-bond donors (Lipinski definition) is 1. The highest BCUT2D eigenvalue weighted by Crippen LogP contribution is 2.22. The second-order valence-electron chi connectivity index (χ2n) is 7.17. The molecule has 1 rings (SSSR count). The van der Waals surface area contributed by atoms with E-state index in [0.29, 0.717) is 0 Å². The zero-order valence-corrected chi connectivity index (χ0v) is 18.2. The van der Waals surface area contributed by atoms with E-state index < -0.39 is 0 Å². The Morgan fingerprint density at radius 3 is 1.88 bits per heavy atom. The van der Waals surface area contributed by atoms with Crippen LogP contribution in [0.5, 0.6) is 0 Å². The molecule has 0 heterocycles. The van der Waals surface area contributed by atoms with E-state index in [4.69, 9.17) is 9.84 Å². The summed E-state index contributed by atoms with van der Waals surface area (Å²) in [6.07, 6.45) is 7.24. The molecule has 0 saturated heterocycles. The summed E-state index contributed by atoms with van der Waals surface area (Å²) in [5.74, 6) is 0. The van der Waals surface area contributed by atoms with Gasteiger partial charge in [0.2, 0.25) is 0 Å². The first-order chi connectivity index (χ1) is 11.9. The number of rotatable bonds is 8. The Kier molecular flexibility index (Phi) is 17.5. The summed E-state index contributed by atoms with van der Waals surface area (Å²) in [5, 5.41) is 8.37. The van der Waals surface area contributed by atoms with Crippen LogP contribution in [-0.2, 0) is 16.6 Å². The molecule has 0 bridgehead atoms. The fraction of sp³-hybridized carbons (Fsp3) is 0.739. The molecular weight excluding hydrogens is 308 g/mol. The second-order valence-corrected chi connectivity index (χ2v) is 7.17. The Bertz CT molecular complexity index is 370. The molecule has 0 saturated carbocycles. The molecule has 0 spiro atoms. The molecule has 1 aromatic rings. The molecule has 0 aliphatic rings. The van der Waals surface area contributed by atoms with E-state index in [1.807, 2.05) is 13.8 Å². The number of aliphatic hydroxyl groups excluding tert-OH is 1. The molecule has 0 amide bonds. The number of benzene rings is 1. The molecule has 0 fully saturated rings. The molecular formula is C23H44O2. The highest BCUT2D eigenvalue weighted by atomic mass is 16.6. The summed E-state index contributed by atoms with van der Waals surface area (Å²) in [5.41, 5.74) is 3.18. The summed E-state index contributed by atoms with van der Waals surface area (Å²) in [7, 11) is 0. The van der Waals surface area contributed by atoms with Crippen molar-refractivity contribution in [2.24, 2.45) is 0 Å². The van der Waals surface area contributed by atoms with E-state index in [2.05, 4.69) is 65.8 Å². The average Bonchev–Trinajstić information content (AvgIpc) is 2.61. The lowest BCUT2D eigenvalue weighted by atomic mass is 9.86. The molecule has 2 nitrogen and oxygen atoms in total. The Morgan fingerprint density at radius 2 is 1.52 bits per heavy atom. The number of aliphatic hydroxyl groups is 1. The van der Waals surface area contributed by atoms with Crippen LogP contribution in [0.3, 0.4) is 0 Å². The topological polar surface area (TPSA) is 29.5 Å². The molecule has 0 aliphatic carbocycles. The lowest BCUT2D eigenvalue weighted by molar-refractivity contribution is -0.0540. The lowest BCUT2D eigenvalue weighted by Gasteiger charge is -2.19. The van der Waals surface area contributed by atoms with Gasteiger partial charge >= 0.3 is 0 Å². The van der Waals surface area contributed by atoms with Crippen LogP contribution in [0.2, 0.25) is 0 Å². The van der Waals surface area contributed by atoms with Crippen molar-refractivity contribution in [2.45, 2.75) is 105 Å². The predicted molar refractivity (Wildman–Crippen MR) is 112 cm³/mol. The first kappa shape index (κ1) is 26.4. The third-order valence-electron chi connectivity index (χ3n) is 4.02. The van der Waals surface area contributed by atoms with E-state index in [9.17, 15) is 0 Å². The van der Waals surface area contributed by atoms with E-state index >= 15 is 0 Å². The third kappa shape index (κ3) is 14.0. The Labute approximate surface area is 158 Å². The quantitative estimate of drug-likeness (QED) is 0.516. The van der Waals surface area contributed by atoms with Crippen LogP contribution in [0.15, 0.2) is 24.3 Å². The van der Waals surface area contributed by atoms with Crippen molar-refractivity contribution in [1.29, 1.82) is 0 Å². The van der Waals surface area contributed by atoms with Gasteiger partial charge in [-0.3, -0.25) is 0 Å². The normalized spacial score (nSPS) is 11.7. The highest BCUT2D eigenvalue weighted by molar-refractivity contribution is 5.27. The molecule has 0 aromatic heterocycles. The van der Waals surface area contributed by atoms with Crippen molar-refractivity contribution in [3.63, 3.8) is 0 Å². The zero-order valence-electron chi connectivity index (χ0n) is 18.2. The minimum Gasteiger partial charge on any atom is -0.371 e. The maximum Gasteiger partial charge on any atom is 0.143 e. The maximum absolute atomic E-state index is 8.37. The van der Waals surface area contributed by atoms with Crippen molar-refractivity contribution in [3.8, 4) is 0 Å². The minimum absolute atomic E-state index is 0.140. The third-order valence-corrected chi connectivity index (χ3v) is 4.02. The summed E-state index contributed by atoms with van der Waals surface area (Å²) in [6.45, 7) is 17.1. The van der Waals surface area contributed by atoms with Crippen molar-refractivity contribution in [3.05, 3.63) is 35.4 Å². The maximum atomic E-state index is 8.37.